The summed E-state index contributed by atoms with van der Waals surface area (Å²) in [5.41, 5.74) is 2.07. The highest BCUT2D eigenvalue weighted by Gasteiger charge is 2.36. The molecule has 2 heterocycles. The normalized spacial score (nSPS) is 27.2. The van der Waals surface area contributed by atoms with E-state index in [1.165, 1.54) is 0 Å². The van der Waals surface area contributed by atoms with Gasteiger partial charge in [0.1, 0.15) is 0 Å². The van der Waals surface area contributed by atoms with Gasteiger partial charge in [-0.2, -0.15) is 0 Å². The number of aliphatic hydroxyl groups excluding tert-OH is 1. The van der Waals surface area contributed by atoms with Crippen LogP contribution in [0.2, 0.25) is 5.02 Å². The largest absolute Gasteiger partial charge is 0.394 e. The van der Waals surface area contributed by atoms with Crippen LogP contribution in [0.3, 0.4) is 0 Å². The molecular weight excluding hydrogens is 306 g/mol. The van der Waals surface area contributed by atoms with E-state index in [1.807, 2.05) is 18.2 Å². The van der Waals surface area contributed by atoms with Crippen molar-refractivity contribution < 1.29 is 19.4 Å². The molecule has 3 atom stereocenters. The topological polar surface area (TPSA) is 59.0 Å². The number of benzene rings is 1. The summed E-state index contributed by atoms with van der Waals surface area (Å²) < 4.78 is 11.0. The maximum absolute atomic E-state index is 12.6. The maximum Gasteiger partial charge on any atom is 0.225 e. The molecule has 2 aliphatic rings. The van der Waals surface area contributed by atoms with Gasteiger partial charge in [0.2, 0.25) is 5.91 Å². The second kappa shape index (κ2) is 6.54. The second-order valence-electron chi connectivity index (χ2n) is 5.82. The van der Waals surface area contributed by atoms with Crippen LogP contribution in [0.15, 0.2) is 18.2 Å². The van der Waals surface area contributed by atoms with E-state index < -0.39 is 0 Å². The van der Waals surface area contributed by atoms with E-state index in [2.05, 4.69) is 0 Å². The number of aliphatic hydroxyl groups is 1. The molecule has 1 unspecified atom stereocenters. The first-order valence-electron chi connectivity index (χ1n) is 7.45. The van der Waals surface area contributed by atoms with Crippen LogP contribution in [0.4, 0.5) is 0 Å². The molecule has 5 nitrogen and oxygen atoms in total. The van der Waals surface area contributed by atoms with Gasteiger partial charge in [-0.25, -0.2) is 0 Å². The first kappa shape index (κ1) is 15.7. The van der Waals surface area contributed by atoms with Crippen molar-refractivity contribution in [3.8, 4) is 0 Å². The van der Waals surface area contributed by atoms with Crippen LogP contribution >= 0.6 is 11.6 Å². The molecule has 3 rings (SSSR count). The van der Waals surface area contributed by atoms with Gasteiger partial charge in [-0.15, -0.1) is 0 Å². The zero-order valence-corrected chi connectivity index (χ0v) is 13.3. The molecular formula is C16H20ClNO4. The van der Waals surface area contributed by atoms with Gasteiger partial charge in [-0.3, -0.25) is 4.79 Å². The van der Waals surface area contributed by atoms with E-state index in [0.717, 1.165) is 11.1 Å². The Morgan fingerprint density at radius 2 is 2.36 bits per heavy atom. The summed E-state index contributed by atoms with van der Waals surface area (Å²) >= 11 is 5.98. The number of methoxy groups -OCH3 is 1. The number of rotatable bonds is 4. The van der Waals surface area contributed by atoms with E-state index in [1.54, 1.807) is 12.0 Å². The van der Waals surface area contributed by atoms with Crippen molar-refractivity contribution in [2.45, 2.75) is 37.7 Å². The molecule has 0 aliphatic carbocycles. The molecule has 1 aromatic rings. The summed E-state index contributed by atoms with van der Waals surface area (Å²) in [6.07, 6.45) is 0.718. The zero-order valence-electron chi connectivity index (χ0n) is 12.5. The second-order valence-corrected chi connectivity index (χ2v) is 6.26. The van der Waals surface area contributed by atoms with Crippen molar-refractivity contribution in [2.24, 2.45) is 0 Å². The van der Waals surface area contributed by atoms with Gasteiger partial charge in [0.25, 0.3) is 0 Å². The molecule has 1 aromatic carbocycles. The van der Waals surface area contributed by atoms with Crippen molar-refractivity contribution in [1.82, 2.24) is 4.90 Å². The number of fused-ring (bicyclic) bond motifs is 1. The van der Waals surface area contributed by atoms with Gasteiger partial charge in [0.05, 0.1) is 37.9 Å². The number of amides is 1. The zero-order chi connectivity index (χ0) is 15.7. The fraction of sp³-hybridized carbons (Fsp3) is 0.562. The lowest BCUT2D eigenvalue weighted by Gasteiger charge is -2.24. The Labute approximate surface area is 134 Å². The lowest BCUT2D eigenvalue weighted by molar-refractivity contribution is -0.136. The van der Waals surface area contributed by atoms with E-state index in [4.69, 9.17) is 21.1 Å². The molecule has 1 N–H and O–H groups in total. The molecule has 2 aliphatic heterocycles. The Morgan fingerprint density at radius 3 is 3.09 bits per heavy atom. The van der Waals surface area contributed by atoms with Crippen molar-refractivity contribution in [1.29, 1.82) is 0 Å². The molecule has 0 bridgehead atoms. The van der Waals surface area contributed by atoms with E-state index in [0.29, 0.717) is 24.6 Å². The monoisotopic (exact) mass is 325 g/mol. The third-order valence-corrected chi connectivity index (χ3v) is 4.73. The van der Waals surface area contributed by atoms with Gasteiger partial charge >= 0.3 is 0 Å². The molecule has 0 saturated carbocycles. The third kappa shape index (κ3) is 2.99. The summed E-state index contributed by atoms with van der Waals surface area (Å²) in [6.45, 7) is 0.974. The molecule has 0 spiro atoms. The molecule has 120 valence electrons. The summed E-state index contributed by atoms with van der Waals surface area (Å²) in [7, 11) is 1.63. The third-order valence-electron chi connectivity index (χ3n) is 4.49. The standard InChI is InChI=1S/C16H20ClNO4/c1-21-13-5-12(8-19)18(7-13)16(20)6-15-14-3-2-11(17)4-10(14)9-22-15/h2-4,12-13,15,19H,5-9H2,1H3/t12-,13+,15?/m0/s1. The maximum atomic E-state index is 12.6. The SMILES string of the molecule is CO[C@@H]1C[C@@H](CO)N(C(=O)CC2OCc3cc(Cl)ccc32)C1. The van der Waals surface area contributed by atoms with E-state index in [-0.39, 0.29) is 37.2 Å². The quantitative estimate of drug-likeness (QED) is 0.918. The predicted molar refractivity (Wildman–Crippen MR) is 81.6 cm³/mol. The number of nitrogens with zero attached hydrogens (tertiary/aromatic N) is 1. The van der Waals surface area contributed by atoms with Gasteiger partial charge < -0.3 is 19.5 Å². The van der Waals surface area contributed by atoms with Crippen LogP contribution in [0.1, 0.15) is 30.1 Å². The molecule has 1 amide bonds. The Morgan fingerprint density at radius 1 is 1.55 bits per heavy atom. The average Bonchev–Trinajstić information content (AvgIpc) is 3.10. The molecule has 1 fully saturated rings. The minimum atomic E-state index is -0.235. The highest BCUT2D eigenvalue weighted by atomic mass is 35.5. The van der Waals surface area contributed by atoms with Crippen molar-refractivity contribution in [2.75, 3.05) is 20.3 Å². The smallest absolute Gasteiger partial charge is 0.225 e. The van der Waals surface area contributed by atoms with Crippen LogP contribution in [0, 0.1) is 0 Å². The Hall–Kier alpha value is -1.14. The summed E-state index contributed by atoms with van der Waals surface area (Å²) in [5.74, 6) is -0.00796. The molecule has 0 aromatic heterocycles. The molecule has 6 heteroatoms. The minimum Gasteiger partial charge on any atom is -0.394 e. The fourth-order valence-corrected chi connectivity index (χ4v) is 3.46. The highest BCUT2D eigenvalue weighted by Crippen LogP contribution is 2.35. The Balaban J connectivity index is 1.68. The molecule has 22 heavy (non-hydrogen) atoms. The minimum absolute atomic E-state index is 0.00307. The van der Waals surface area contributed by atoms with Gasteiger partial charge in [-0.05, 0) is 29.7 Å². The number of carbonyl (C=O) groups excluding carboxylic acids is 1. The predicted octanol–water partition coefficient (Wildman–Crippen LogP) is 1.91. The fourth-order valence-electron chi connectivity index (χ4n) is 3.26. The van der Waals surface area contributed by atoms with Crippen molar-refractivity contribution in [3.05, 3.63) is 34.3 Å². The van der Waals surface area contributed by atoms with Gasteiger partial charge in [0.15, 0.2) is 0 Å². The Kier molecular flexibility index (Phi) is 4.68. The Bertz CT molecular complexity index is 565. The number of likely N-dealkylation sites (tertiary alicyclic amines) is 1. The number of ether oxygens (including phenoxy) is 2. The number of hydrogen-bond acceptors (Lipinski definition) is 4. The van der Waals surface area contributed by atoms with Crippen LogP contribution < -0.4 is 0 Å². The summed E-state index contributed by atoms with van der Waals surface area (Å²) in [6, 6.07) is 5.46. The van der Waals surface area contributed by atoms with Crippen molar-refractivity contribution in [3.63, 3.8) is 0 Å². The van der Waals surface area contributed by atoms with Crippen molar-refractivity contribution >= 4 is 17.5 Å². The van der Waals surface area contributed by atoms with E-state index in [9.17, 15) is 9.90 Å². The van der Waals surface area contributed by atoms with Crippen LogP contribution in [0.25, 0.3) is 0 Å². The highest BCUT2D eigenvalue weighted by molar-refractivity contribution is 6.30. The average molecular weight is 326 g/mol. The summed E-state index contributed by atoms with van der Waals surface area (Å²) in [4.78, 5) is 14.3. The van der Waals surface area contributed by atoms with Crippen LogP contribution in [-0.4, -0.2) is 48.3 Å². The molecule has 0 radical (unpaired) electrons. The number of hydrogen-bond donors (Lipinski definition) is 1. The van der Waals surface area contributed by atoms with Gasteiger partial charge in [0, 0.05) is 18.7 Å². The first-order chi connectivity index (χ1) is 10.6. The van der Waals surface area contributed by atoms with E-state index >= 15 is 0 Å². The lowest BCUT2D eigenvalue weighted by Crippen LogP contribution is -2.38. The first-order valence-corrected chi connectivity index (χ1v) is 7.83. The summed E-state index contributed by atoms with van der Waals surface area (Å²) in [5, 5.41) is 10.1. The number of carbonyl (C=O) groups is 1. The van der Waals surface area contributed by atoms with Crippen LogP contribution in [-0.2, 0) is 20.9 Å². The number of halogens is 1. The van der Waals surface area contributed by atoms with Gasteiger partial charge in [-0.1, -0.05) is 17.7 Å². The molecule has 1 saturated heterocycles. The van der Waals surface area contributed by atoms with Crippen LogP contribution in [0.5, 0.6) is 0 Å². The lowest BCUT2D eigenvalue weighted by atomic mass is 10.0.